The van der Waals surface area contributed by atoms with Gasteiger partial charge in [0.25, 0.3) is 0 Å². The Bertz CT molecular complexity index is 166. The molecule has 0 aromatic heterocycles. The highest BCUT2D eigenvalue weighted by molar-refractivity contribution is 4.97. The van der Waals surface area contributed by atoms with E-state index in [1.807, 2.05) is 0 Å². The van der Waals surface area contributed by atoms with E-state index in [0.29, 0.717) is 5.41 Å². The molecule has 1 aliphatic heterocycles. The van der Waals surface area contributed by atoms with Gasteiger partial charge in [-0.15, -0.1) is 0 Å². The minimum atomic E-state index is 0.456. The minimum absolute atomic E-state index is 0.456. The van der Waals surface area contributed by atoms with E-state index in [2.05, 4.69) is 26.1 Å². The van der Waals surface area contributed by atoms with Gasteiger partial charge in [0, 0.05) is 12.1 Å². The summed E-state index contributed by atoms with van der Waals surface area (Å²) in [6.07, 6.45) is 7.25. The normalized spacial score (nSPS) is 40.4. The van der Waals surface area contributed by atoms with E-state index in [4.69, 9.17) is 0 Å². The van der Waals surface area contributed by atoms with E-state index < -0.39 is 0 Å². The van der Waals surface area contributed by atoms with Crippen LogP contribution >= 0.6 is 0 Å². The average molecular weight is 181 g/mol. The molecule has 0 amide bonds. The van der Waals surface area contributed by atoms with Gasteiger partial charge in [-0.1, -0.05) is 33.6 Å². The van der Waals surface area contributed by atoms with Crippen LogP contribution in [0.3, 0.4) is 0 Å². The fourth-order valence-corrected chi connectivity index (χ4v) is 2.94. The van der Waals surface area contributed by atoms with Gasteiger partial charge in [0.05, 0.1) is 0 Å². The van der Waals surface area contributed by atoms with Crippen LogP contribution in [-0.4, -0.2) is 12.1 Å². The lowest BCUT2D eigenvalue weighted by Gasteiger charge is -2.28. The Morgan fingerprint density at radius 1 is 1.08 bits per heavy atom. The molecule has 13 heavy (non-hydrogen) atoms. The summed E-state index contributed by atoms with van der Waals surface area (Å²) < 4.78 is 0. The first-order valence-electron chi connectivity index (χ1n) is 5.83. The Labute approximate surface area is 82.3 Å². The van der Waals surface area contributed by atoms with E-state index in [1.165, 1.54) is 32.1 Å². The van der Waals surface area contributed by atoms with Crippen LogP contribution < -0.4 is 5.32 Å². The molecule has 0 bridgehead atoms. The van der Waals surface area contributed by atoms with Gasteiger partial charge in [-0.3, -0.25) is 0 Å². The van der Waals surface area contributed by atoms with Crippen LogP contribution in [0, 0.1) is 11.3 Å². The second-order valence-electron chi connectivity index (χ2n) is 5.97. The molecule has 1 heteroatoms. The third kappa shape index (κ3) is 1.90. The molecule has 1 aliphatic carbocycles. The van der Waals surface area contributed by atoms with Crippen molar-refractivity contribution in [3.05, 3.63) is 0 Å². The molecule has 0 spiro atoms. The lowest BCUT2D eigenvalue weighted by Crippen LogP contribution is -2.39. The molecule has 1 N–H and O–H groups in total. The molecule has 1 saturated carbocycles. The van der Waals surface area contributed by atoms with E-state index >= 15 is 0 Å². The zero-order valence-electron chi connectivity index (χ0n) is 9.27. The van der Waals surface area contributed by atoms with E-state index in [9.17, 15) is 0 Å². The van der Waals surface area contributed by atoms with E-state index in [1.54, 1.807) is 0 Å². The number of nitrogens with one attached hydrogen (secondary N) is 1. The second-order valence-corrected chi connectivity index (χ2v) is 5.97. The molecule has 0 radical (unpaired) electrons. The first kappa shape index (κ1) is 9.51. The molecule has 0 unspecified atom stereocenters. The lowest BCUT2D eigenvalue weighted by atomic mass is 9.81. The highest BCUT2D eigenvalue weighted by Gasteiger charge is 2.39. The van der Waals surface area contributed by atoms with Crippen molar-refractivity contribution < 1.29 is 0 Å². The predicted molar refractivity (Wildman–Crippen MR) is 56.7 cm³/mol. The largest absolute Gasteiger partial charge is 0.310 e. The van der Waals surface area contributed by atoms with Crippen LogP contribution in [0.5, 0.6) is 0 Å². The van der Waals surface area contributed by atoms with Crippen molar-refractivity contribution in [1.29, 1.82) is 0 Å². The fraction of sp³-hybridized carbons (Fsp3) is 1.00. The maximum Gasteiger partial charge on any atom is 0.0121 e. The highest BCUT2D eigenvalue weighted by Crippen LogP contribution is 2.38. The molecule has 1 saturated heterocycles. The Hall–Kier alpha value is -0.0400. The van der Waals surface area contributed by atoms with Crippen molar-refractivity contribution in [3.8, 4) is 0 Å². The standard InChI is InChI=1S/C12H23N/c1-12(2,3)11-8-9-6-4-5-7-10(9)13-11/h9-11,13H,4-8H2,1-3H3/t9-,10-,11-/m1/s1. The van der Waals surface area contributed by atoms with Crippen molar-refractivity contribution in [2.45, 2.75) is 65.0 Å². The van der Waals surface area contributed by atoms with Gasteiger partial charge in [0.15, 0.2) is 0 Å². The monoisotopic (exact) mass is 181 g/mol. The summed E-state index contributed by atoms with van der Waals surface area (Å²) in [5, 5.41) is 3.83. The van der Waals surface area contributed by atoms with Gasteiger partial charge < -0.3 is 5.32 Å². The minimum Gasteiger partial charge on any atom is -0.310 e. The highest BCUT2D eigenvalue weighted by atomic mass is 15.0. The SMILES string of the molecule is CC(C)(C)[C@H]1C[C@H]2CCCC[C@H]2N1. The molecule has 3 atom stereocenters. The maximum atomic E-state index is 3.83. The van der Waals surface area contributed by atoms with Crippen LogP contribution in [0.15, 0.2) is 0 Å². The topological polar surface area (TPSA) is 12.0 Å². The molecule has 0 aromatic rings. The molecule has 2 rings (SSSR count). The number of hydrogen-bond donors (Lipinski definition) is 1. The quantitative estimate of drug-likeness (QED) is 0.606. The van der Waals surface area contributed by atoms with Crippen LogP contribution in [0.25, 0.3) is 0 Å². The van der Waals surface area contributed by atoms with Crippen molar-refractivity contribution in [2.24, 2.45) is 11.3 Å². The lowest BCUT2D eigenvalue weighted by molar-refractivity contribution is 0.284. The summed E-state index contributed by atoms with van der Waals surface area (Å²) in [5.74, 6) is 0.998. The molecular weight excluding hydrogens is 158 g/mol. The third-order valence-electron chi connectivity index (χ3n) is 3.91. The summed E-state index contributed by atoms with van der Waals surface area (Å²) >= 11 is 0. The zero-order valence-corrected chi connectivity index (χ0v) is 9.27. The summed E-state index contributed by atoms with van der Waals surface area (Å²) in [6.45, 7) is 7.09. The predicted octanol–water partition coefficient (Wildman–Crippen LogP) is 2.95. The molecule has 0 aromatic carbocycles. The Morgan fingerprint density at radius 2 is 1.77 bits per heavy atom. The van der Waals surface area contributed by atoms with Gasteiger partial charge in [0.2, 0.25) is 0 Å². The number of hydrogen-bond acceptors (Lipinski definition) is 1. The zero-order chi connectivity index (χ0) is 9.47. The second kappa shape index (κ2) is 3.27. The van der Waals surface area contributed by atoms with Crippen LogP contribution in [0.1, 0.15) is 52.9 Å². The summed E-state index contributed by atoms with van der Waals surface area (Å²) in [4.78, 5) is 0. The molecule has 1 nitrogen and oxygen atoms in total. The number of rotatable bonds is 0. The van der Waals surface area contributed by atoms with Crippen molar-refractivity contribution in [1.82, 2.24) is 5.32 Å². The number of fused-ring (bicyclic) bond motifs is 1. The van der Waals surface area contributed by atoms with Crippen LogP contribution in [0.4, 0.5) is 0 Å². The van der Waals surface area contributed by atoms with Gasteiger partial charge in [-0.25, -0.2) is 0 Å². The van der Waals surface area contributed by atoms with Crippen LogP contribution in [-0.2, 0) is 0 Å². The Kier molecular flexibility index (Phi) is 2.39. The first-order valence-corrected chi connectivity index (χ1v) is 5.83. The molecule has 1 heterocycles. The fourth-order valence-electron chi connectivity index (χ4n) is 2.94. The summed E-state index contributed by atoms with van der Waals surface area (Å²) in [5.41, 5.74) is 0.456. The van der Waals surface area contributed by atoms with E-state index in [-0.39, 0.29) is 0 Å². The molecule has 2 fully saturated rings. The van der Waals surface area contributed by atoms with Crippen molar-refractivity contribution >= 4 is 0 Å². The van der Waals surface area contributed by atoms with Crippen molar-refractivity contribution in [2.75, 3.05) is 0 Å². The third-order valence-corrected chi connectivity index (χ3v) is 3.91. The Morgan fingerprint density at radius 3 is 2.38 bits per heavy atom. The van der Waals surface area contributed by atoms with E-state index in [0.717, 1.165) is 18.0 Å². The van der Waals surface area contributed by atoms with Gasteiger partial charge in [-0.2, -0.15) is 0 Å². The average Bonchev–Trinajstić information content (AvgIpc) is 2.45. The van der Waals surface area contributed by atoms with Crippen molar-refractivity contribution in [3.63, 3.8) is 0 Å². The maximum absolute atomic E-state index is 3.83. The van der Waals surface area contributed by atoms with Gasteiger partial charge in [0.1, 0.15) is 0 Å². The Balaban J connectivity index is 1.99. The summed E-state index contributed by atoms with van der Waals surface area (Å²) in [6, 6.07) is 1.62. The summed E-state index contributed by atoms with van der Waals surface area (Å²) in [7, 11) is 0. The van der Waals surface area contributed by atoms with Gasteiger partial charge >= 0.3 is 0 Å². The molecular formula is C12H23N. The molecule has 76 valence electrons. The van der Waals surface area contributed by atoms with Crippen LogP contribution in [0.2, 0.25) is 0 Å². The van der Waals surface area contributed by atoms with Gasteiger partial charge in [-0.05, 0) is 30.6 Å². The first-order chi connectivity index (χ1) is 6.07. The smallest absolute Gasteiger partial charge is 0.0121 e. The molecule has 2 aliphatic rings.